The van der Waals surface area contributed by atoms with E-state index in [1.165, 1.54) is 58.7 Å². The Morgan fingerprint density at radius 2 is 1.32 bits per heavy atom. The molecule has 0 saturated carbocycles. The first-order valence-corrected chi connectivity index (χ1v) is 15.3. The molecule has 2 unspecified atom stereocenters. The number of hydrogen-bond acceptors (Lipinski definition) is 3. The highest BCUT2D eigenvalue weighted by Crippen LogP contribution is 2.23. The smallest absolute Gasteiger partial charge is 0.333 e. The van der Waals surface area contributed by atoms with Crippen molar-refractivity contribution >= 4 is 16.7 Å². The molecule has 2 atom stereocenters. The monoisotopic (exact) mass is 542 g/mol. The molecule has 216 valence electrons. The lowest BCUT2D eigenvalue weighted by Gasteiger charge is -2.20. The molecule has 0 heterocycles. The molecule has 0 spiro atoms. The average molecular weight is 543 g/mol. The van der Waals surface area contributed by atoms with Gasteiger partial charge in [-0.2, -0.15) is 0 Å². The first kappa shape index (κ1) is 31.6. The second kappa shape index (κ2) is 17.0. The normalized spacial score (nSPS) is 12.8. The van der Waals surface area contributed by atoms with Crippen LogP contribution in [0.2, 0.25) is 0 Å². The summed E-state index contributed by atoms with van der Waals surface area (Å²) in [6.45, 7) is 10.9. The van der Waals surface area contributed by atoms with Crippen molar-refractivity contribution in [3.05, 3.63) is 95.1 Å². The van der Waals surface area contributed by atoms with E-state index in [2.05, 4.69) is 81.1 Å². The Balaban J connectivity index is 1.48. The van der Waals surface area contributed by atoms with Crippen molar-refractivity contribution in [2.24, 2.45) is 11.8 Å². The summed E-state index contributed by atoms with van der Waals surface area (Å²) < 4.78 is 10.8. The zero-order valence-electron chi connectivity index (χ0n) is 25.3. The molecule has 0 aliphatic rings. The summed E-state index contributed by atoms with van der Waals surface area (Å²) in [5.41, 5.74) is 6.09. The number of methoxy groups -OCH3 is 1. The number of ether oxygens (including phenoxy) is 2. The van der Waals surface area contributed by atoms with Gasteiger partial charge in [0, 0.05) is 18.6 Å². The second-order valence-electron chi connectivity index (χ2n) is 11.5. The fourth-order valence-electron chi connectivity index (χ4n) is 5.39. The molecule has 3 rings (SSSR count). The van der Waals surface area contributed by atoms with Gasteiger partial charge in [-0.05, 0) is 90.8 Å². The highest BCUT2D eigenvalue weighted by atomic mass is 16.5. The number of carbonyl (C=O) groups is 1. The van der Waals surface area contributed by atoms with E-state index in [1.54, 1.807) is 14.0 Å². The summed E-state index contributed by atoms with van der Waals surface area (Å²) in [6, 6.07) is 23.1. The van der Waals surface area contributed by atoms with Crippen LogP contribution in [0.4, 0.5) is 0 Å². The van der Waals surface area contributed by atoms with Crippen LogP contribution in [0.25, 0.3) is 10.8 Å². The van der Waals surface area contributed by atoms with Gasteiger partial charge in [-0.25, -0.2) is 4.79 Å². The standard InChI is InChI=1S/C37H50O3/c1-6-8-9-10-31-19-21-36-25-33(20-22-35(36)24-31)17-14-30-12-15-32(16-13-30)23-29(7-2)11-18-34(26-39-5)27-40-37(38)28(3)4/h12-13,15-16,19-22,24-25,29,34H,3,6-11,14,17-18,23,26-27H2,1-2,4-5H3. The third-order valence-corrected chi connectivity index (χ3v) is 8.05. The fourth-order valence-corrected chi connectivity index (χ4v) is 5.39. The maximum Gasteiger partial charge on any atom is 0.333 e. The Morgan fingerprint density at radius 3 is 1.93 bits per heavy atom. The fraction of sp³-hybridized carbons (Fsp3) is 0.486. The van der Waals surface area contributed by atoms with Crippen LogP contribution in [0.3, 0.4) is 0 Å². The third-order valence-electron chi connectivity index (χ3n) is 8.05. The van der Waals surface area contributed by atoms with Gasteiger partial charge in [-0.1, -0.05) is 100 Å². The molecule has 40 heavy (non-hydrogen) atoms. The second-order valence-corrected chi connectivity index (χ2v) is 11.5. The Hall–Kier alpha value is -2.91. The number of carbonyl (C=O) groups excluding carboxylic acids is 1. The molecule has 3 aromatic carbocycles. The van der Waals surface area contributed by atoms with E-state index in [1.807, 2.05) is 0 Å². The lowest BCUT2D eigenvalue weighted by molar-refractivity contribution is -0.140. The van der Waals surface area contributed by atoms with Gasteiger partial charge in [0.25, 0.3) is 0 Å². The SMILES string of the molecule is C=C(C)C(=O)OCC(CCC(CC)Cc1ccc(CCc2ccc3cc(CCCCC)ccc3c2)cc1)COC. The van der Waals surface area contributed by atoms with Gasteiger partial charge >= 0.3 is 5.97 Å². The highest BCUT2D eigenvalue weighted by molar-refractivity contribution is 5.87. The Morgan fingerprint density at radius 1 is 0.750 bits per heavy atom. The molecule has 0 aliphatic carbocycles. The zero-order valence-corrected chi connectivity index (χ0v) is 25.3. The zero-order chi connectivity index (χ0) is 28.7. The minimum Gasteiger partial charge on any atom is -0.462 e. The molecule has 3 aromatic rings. The number of esters is 1. The number of rotatable bonds is 18. The number of benzene rings is 3. The van der Waals surface area contributed by atoms with Gasteiger partial charge in [-0.3, -0.25) is 0 Å². The predicted molar refractivity (Wildman–Crippen MR) is 169 cm³/mol. The molecule has 0 bridgehead atoms. The van der Waals surface area contributed by atoms with Crippen molar-refractivity contribution in [1.82, 2.24) is 0 Å². The van der Waals surface area contributed by atoms with Crippen LogP contribution in [0.1, 0.15) is 81.5 Å². The lowest BCUT2D eigenvalue weighted by atomic mass is 9.89. The van der Waals surface area contributed by atoms with Gasteiger partial charge in [0.2, 0.25) is 0 Å². The van der Waals surface area contributed by atoms with E-state index >= 15 is 0 Å². The van der Waals surface area contributed by atoms with Crippen LogP contribution < -0.4 is 0 Å². The van der Waals surface area contributed by atoms with E-state index in [4.69, 9.17) is 9.47 Å². The van der Waals surface area contributed by atoms with Crippen LogP contribution >= 0.6 is 0 Å². The molecule has 0 fully saturated rings. The summed E-state index contributed by atoms with van der Waals surface area (Å²) in [4.78, 5) is 11.8. The molecule has 0 aliphatic heterocycles. The minimum atomic E-state index is -0.319. The summed E-state index contributed by atoms with van der Waals surface area (Å²) >= 11 is 0. The molecular weight excluding hydrogens is 492 g/mol. The largest absolute Gasteiger partial charge is 0.462 e. The van der Waals surface area contributed by atoms with Crippen molar-refractivity contribution in [3.63, 3.8) is 0 Å². The van der Waals surface area contributed by atoms with E-state index in [9.17, 15) is 4.79 Å². The van der Waals surface area contributed by atoms with E-state index < -0.39 is 0 Å². The molecule has 3 nitrogen and oxygen atoms in total. The highest BCUT2D eigenvalue weighted by Gasteiger charge is 2.16. The van der Waals surface area contributed by atoms with Crippen LogP contribution in [0.15, 0.2) is 72.8 Å². The summed E-state index contributed by atoms with van der Waals surface area (Å²) in [5, 5.41) is 2.70. The topological polar surface area (TPSA) is 35.5 Å². The molecular formula is C37H50O3. The van der Waals surface area contributed by atoms with Gasteiger partial charge in [0.05, 0.1) is 13.2 Å². The number of hydrogen-bond donors (Lipinski definition) is 0. The third kappa shape index (κ3) is 10.6. The van der Waals surface area contributed by atoms with E-state index in [0.29, 0.717) is 24.7 Å². The first-order chi connectivity index (χ1) is 19.4. The number of aryl methyl sites for hydroxylation is 3. The number of fused-ring (bicyclic) bond motifs is 1. The summed E-state index contributed by atoms with van der Waals surface area (Å²) in [6.07, 6.45) is 11.4. The van der Waals surface area contributed by atoms with Crippen LogP contribution in [0.5, 0.6) is 0 Å². The number of unbranched alkanes of at least 4 members (excludes halogenated alkanes) is 2. The predicted octanol–water partition coefficient (Wildman–Crippen LogP) is 9.09. The van der Waals surface area contributed by atoms with Crippen molar-refractivity contribution in [2.45, 2.75) is 85.0 Å². The Labute approximate surface area is 243 Å². The maximum atomic E-state index is 11.8. The van der Waals surface area contributed by atoms with E-state index in [-0.39, 0.29) is 11.9 Å². The molecule has 0 saturated heterocycles. The van der Waals surface area contributed by atoms with E-state index in [0.717, 1.165) is 38.5 Å². The average Bonchev–Trinajstić information content (AvgIpc) is 2.97. The van der Waals surface area contributed by atoms with Crippen molar-refractivity contribution in [3.8, 4) is 0 Å². The quantitative estimate of drug-likeness (QED) is 0.0913. The molecule has 0 radical (unpaired) electrons. The Kier molecular flexibility index (Phi) is 13.5. The van der Waals surface area contributed by atoms with Crippen LogP contribution in [0, 0.1) is 11.8 Å². The molecule has 3 heteroatoms. The molecule has 0 amide bonds. The first-order valence-electron chi connectivity index (χ1n) is 15.3. The minimum absolute atomic E-state index is 0.215. The van der Waals surface area contributed by atoms with Crippen LogP contribution in [-0.2, 0) is 40.0 Å². The molecule has 0 N–H and O–H groups in total. The van der Waals surface area contributed by atoms with Crippen molar-refractivity contribution < 1.29 is 14.3 Å². The van der Waals surface area contributed by atoms with Gasteiger partial charge < -0.3 is 9.47 Å². The van der Waals surface area contributed by atoms with Crippen molar-refractivity contribution in [2.75, 3.05) is 20.3 Å². The van der Waals surface area contributed by atoms with Gasteiger partial charge in [0.1, 0.15) is 0 Å². The Bertz CT molecular complexity index is 1190. The lowest BCUT2D eigenvalue weighted by Crippen LogP contribution is -2.20. The van der Waals surface area contributed by atoms with Crippen LogP contribution in [-0.4, -0.2) is 26.3 Å². The summed E-state index contributed by atoms with van der Waals surface area (Å²) in [7, 11) is 1.71. The maximum absolute atomic E-state index is 11.8. The molecule has 0 aromatic heterocycles. The van der Waals surface area contributed by atoms with Crippen molar-refractivity contribution in [1.29, 1.82) is 0 Å². The summed E-state index contributed by atoms with van der Waals surface area (Å²) in [5.74, 6) is 0.500. The van der Waals surface area contributed by atoms with Gasteiger partial charge in [-0.15, -0.1) is 0 Å². The van der Waals surface area contributed by atoms with Gasteiger partial charge in [0.15, 0.2) is 0 Å².